The Hall–Kier alpha value is -2.51. The number of thiocarbonyl (C=S) groups is 1. The first-order valence-corrected chi connectivity index (χ1v) is 9.37. The van der Waals surface area contributed by atoms with E-state index in [0.717, 1.165) is 34.8 Å². The van der Waals surface area contributed by atoms with Gasteiger partial charge in [0.15, 0.2) is 16.6 Å². The summed E-state index contributed by atoms with van der Waals surface area (Å²) < 4.78 is 17.7. The third-order valence-electron chi connectivity index (χ3n) is 4.34. The molecule has 0 saturated heterocycles. The molecule has 2 aromatic carbocycles. The van der Waals surface area contributed by atoms with Crippen molar-refractivity contribution in [2.75, 3.05) is 13.2 Å². The van der Waals surface area contributed by atoms with Gasteiger partial charge in [-0.1, -0.05) is 17.7 Å². The highest BCUT2D eigenvalue weighted by Crippen LogP contribution is 2.39. The van der Waals surface area contributed by atoms with Gasteiger partial charge in [-0.15, -0.1) is 0 Å². The molecule has 1 unspecified atom stereocenters. The standard InChI is InChI=1S/C19H18ClN3O3S/c20-12-3-5-15-13(9-12)14(22-23-19(21)27)10-17(26-15)11-2-4-16-18(8-11)25-7-1-6-24-16/h2-5,8-9,17H,1,6-7,10H2,(H3,21,23,27). The van der Waals surface area contributed by atoms with Crippen LogP contribution in [0.15, 0.2) is 41.5 Å². The monoisotopic (exact) mass is 403 g/mol. The van der Waals surface area contributed by atoms with Crippen molar-refractivity contribution in [2.45, 2.75) is 18.9 Å². The molecule has 0 spiro atoms. The number of hydrazone groups is 1. The molecule has 0 amide bonds. The maximum atomic E-state index is 6.20. The first-order valence-electron chi connectivity index (χ1n) is 8.58. The lowest BCUT2D eigenvalue weighted by atomic mass is 9.95. The van der Waals surface area contributed by atoms with E-state index in [1.165, 1.54) is 0 Å². The van der Waals surface area contributed by atoms with Crippen LogP contribution in [0.25, 0.3) is 0 Å². The van der Waals surface area contributed by atoms with Gasteiger partial charge in [-0.2, -0.15) is 5.10 Å². The average Bonchev–Trinajstić information content (AvgIpc) is 2.90. The number of nitrogens with zero attached hydrogens (tertiary/aromatic N) is 1. The second-order valence-electron chi connectivity index (χ2n) is 6.24. The van der Waals surface area contributed by atoms with E-state index in [1.54, 1.807) is 6.07 Å². The molecule has 2 aliphatic heterocycles. The van der Waals surface area contributed by atoms with E-state index in [4.69, 9.17) is 43.8 Å². The van der Waals surface area contributed by atoms with Gasteiger partial charge >= 0.3 is 0 Å². The lowest BCUT2D eigenvalue weighted by Gasteiger charge is -2.28. The van der Waals surface area contributed by atoms with Crippen molar-refractivity contribution in [3.8, 4) is 17.2 Å². The molecule has 0 saturated carbocycles. The zero-order chi connectivity index (χ0) is 18.8. The van der Waals surface area contributed by atoms with E-state index >= 15 is 0 Å². The summed E-state index contributed by atoms with van der Waals surface area (Å²) >= 11 is 11.0. The van der Waals surface area contributed by atoms with E-state index in [9.17, 15) is 0 Å². The lowest BCUT2D eigenvalue weighted by Crippen LogP contribution is -2.28. The number of benzene rings is 2. The van der Waals surface area contributed by atoms with E-state index < -0.39 is 0 Å². The summed E-state index contributed by atoms with van der Waals surface area (Å²) in [5, 5.41) is 5.06. The van der Waals surface area contributed by atoms with E-state index in [2.05, 4.69) is 10.5 Å². The van der Waals surface area contributed by atoms with Crippen LogP contribution >= 0.6 is 23.8 Å². The molecule has 6 nitrogen and oxygen atoms in total. The maximum Gasteiger partial charge on any atom is 0.184 e. The minimum Gasteiger partial charge on any atom is -0.490 e. The Labute approximate surface area is 167 Å². The molecule has 0 radical (unpaired) electrons. The van der Waals surface area contributed by atoms with Gasteiger partial charge in [0.2, 0.25) is 0 Å². The topological polar surface area (TPSA) is 78.1 Å². The van der Waals surface area contributed by atoms with Gasteiger partial charge in [-0.25, -0.2) is 0 Å². The van der Waals surface area contributed by atoms with Crippen LogP contribution in [-0.2, 0) is 0 Å². The van der Waals surface area contributed by atoms with Gasteiger partial charge < -0.3 is 19.9 Å². The second kappa shape index (κ2) is 7.62. The Kier molecular flexibility index (Phi) is 5.05. The molecule has 0 bridgehead atoms. The molecule has 2 heterocycles. The molecule has 3 N–H and O–H groups in total. The maximum absolute atomic E-state index is 6.20. The van der Waals surface area contributed by atoms with Crippen molar-refractivity contribution in [2.24, 2.45) is 10.8 Å². The normalized spacial score (nSPS) is 19.6. The Bertz CT molecular complexity index is 919. The highest BCUT2D eigenvalue weighted by molar-refractivity contribution is 7.80. The van der Waals surface area contributed by atoms with Crippen molar-refractivity contribution in [1.82, 2.24) is 5.43 Å². The van der Waals surface area contributed by atoms with Gasteiger partial charge in [0, 0.05) is 23.4 Å². The molecule has 0 aliphatic carbocycles. The number of hydrogen-bond acceptors (Lipinski definition) is 5. The second-order valence-corrected chi connectivity index (χ2v) is 7.12. The molecule has 2 aromatic rings. The number of ether oxygens (including phenoxy) is 3. The Morgan fingerprint density at radius 3 is 2.70 bits per heavy atom. The average molecular weight is 404 g/mol. The number of halogens is 1. The number of fused-ring (bicyclic) bond motifs is 2. The molecule has 140 valence electrons. The fraction of sp³-hybridized carbons (Fsp3) is 0.263. The van der Waals surface area contributed by atoms with Crippen LogP contribution in [0.2, 0.25) is 5.02 Å². The summed E-state index contributed by atoms with van der Waals surface area (Å²) in [6.45, 7) is 1.29. The summed E-state index contributed by atoms with van der Waals surface area (Å²) in [7, 11) is 0. The zero-order valence-corrected chi connectivity index (χ0v) is 16.0. The Balaban J connectivity index is 1.68. The smallest absolute Gasteiger partial charge is 0.184 e. The number of nitrogens with one attached hydrogen (secondary N) is 1. The number of nitrogens with two attached hydrogens (primary N) is 1. The van der Waals surface area contributed by atoms with Crippen molar-refractivity contribution >= 4 is 34.6 Å². The minimum atomic E-state index is -0.234. The van der Waals surface area contributed by atoms with Crippen LogP contribution in [0.5, 0.6) is 17.2 Å². The molecule has 0 aromatic heterocycles. The Morgan fingerprint density at radius 1 is 1.11 bits per heavy atom. The van der Waals surface area contributed by atoms with Crippen molar-refractivity contribution in [3.63, 3.8) is 0 Å². The largest absolute Gasteiger partial charge is 0.490 e. The molecule has 1 atom stereocenters. The SMILES string of the molecule is NC(=S)NN=C1CC(c2ccc3c(c2)OCCCO3)Oc2ccc(Cl)cc21. The molecular formula is C19H18ClN3O3S. The highest BCUT2D eigenvalue weighted by Gasteiger charge is 2.28. The van der Waals surface area contributed by atoms with E-state index in [1.807, 2.05) is 30.3 Å². The number of rotatable bonds is 2. The molecule has 8 heteroatoms. The van der Waals surface area contributed by atoms with E-state index in [0.29, 0.717) is 30.4 Å². The molecule has 2 aliphatic rings. The van der Waals surface area contributed by atoms with Gasteiger partial charge in [0.1, 0.15) is 11.9 Å². The third kappa shape index (κ3) is 3.94. The predicted octanol–water partition coefficient (Wildman–Crippen LogP) is 3.56. The first kappa shape index (κ1) is 17.9. The quantitative estimate of drug-likeness (QED) is 0.589. The van der Waals surface area contributed by atoms with Crippen LogP contribution in [0, 0.1) is 0 Å². The molecule has 0 fully saturated rings. The molecule has 4 rings (SSSR count). The summed E-state index contributed by atoms with van der Waals surface area (Å²) in [6.07, 6.45) is 1.16. The summed E-state index contributed by atoms with van der Waals surface area (Å²) in [5.74, 6) is 2.18. The van der Waals surface area contributed by atoms with Crippen LogP contribution < -0.4 is 25.4 Å². The number of hydrogen-bond donors (Lipinski definition) is 2. The predicted molar refractivity (Wildman–Crippen MR) is 108 cm³/mol. The van der Waals surface area contributed by atoms with Gasteiger partial charge in [0.05, 0.1) is 18.9 Å². The Morgan fingerprint density at radius 2 is 1.89 bits per heavy atom. The molecule has 27 heavy (non-hydrogen) atoms. The van der Waals surface area contributed by atoms with Crippen molar-refractivity contribution in [1.29, 1.82) is 0 Å². The van der Waals surface area contributed by atoms with Crippen LogP contribution in [0.1, 0.15) is 30.1 Å². The van der Waals surface area contributed by atoms with Gasteiger partial charge in [-0.05, 0) is 48.1 Å². The first-order chi connectivity index (χ1) is 13.1. The summed E-state index contributed by atoms with van der Waals surface area (Å²) in [4.78, 5) is 0. The van der Waals surface area contributed by atoms with Crippen molar-refractivity contribution in [3.05, 3.63) is 52.5 Å². The van der Waals surface area contributed by atoms with Crippen molar-refractivity contribution < 1.29 is 14.2 Å². The van der Waals surface area contributed by atoms with Crippen LogP contribution in [0.3, 0.4) is 0 Å². The third-order valence-corrected chi connectivity index (χ3v) is 4.67. The molecular weight excluding hydrogens is 386 g/mol. The fourth-order valence-corrected chi connectivity index (χ4v) is 3.32. The van der Waals surface area contributed by atoms with E-state index in [-0.39, 0.29) is 11.2 Å². The highest BCUT2D eigenvalue weighted by atomic mass is 35.5. The lowest BCUT2D eigenvalue weighted by molar-refractivity contribution is 0.205. The summed E-state index contributed by atoms with van der Waals surface area (Å²) in [5.41, 5.74) is 10.7. The fourth-order valence-electron chi connectivity index (χ4n) is 3.11. The van der Waals surface area contributed by atoms with Crippen LogP contribution in [-0.4, -0.2) is 24.0 Å². The zero-order valence-electron chi connectivity index (χ0n) is 14.4. The summed E-state index contributed by atoms with van der Waals surface area (Å²) in [6, 6.07) is 11.3. The minimum absolute atomic E-state index is 0.102. The van der Waals surface area contributed by atoms with Crippen LogP contribution in [0.4, 0.5) is 0 Å². The van der Waals surface area contributed by atoms with Gasteiger partial charge in [-0.3, -0.25) is 5.43 Å². The van der Waals surface area contributed by atoms with Gasteiger partial charge in [0.25, 0.3) is 0 Å².